The van der Waals surface area contributed by atoms with Gasteiger partial charge >= 0.3 is 0 Å². The first-order valence-corrected chi connectivity index (χ1v) is 8.55. The van der Waals surface area contributed by atoms with E-state index < -0.39 is 0 Å². The van der Waals surface area contributed by atoms with Crippen molar-refractivity contribution in [3.05, 3.63) is 30.3 Å². The van der Waals surface area contributed by atoms with Crippen molar-refractivity contribution in [3.63, 3.8) is 0 Å². The summed E-state index contributed by atoms with van der Waals surface area (Å²) in [5, 5.41) is 15.0. The second-order valence-electron chi connectivity index (χ2n) is 4.53. The van der Waals surface area contributed by atoms with Crippen molar-refractivity contribution in [2.75, 3.05) is 11.1 Å². The van der Waals surface area contributed by atoms with Gasteiger partial charge in [0.15, 0.2) is 4.34 Å². The third-order valence-electron chi connectivity index (χ3n) is 2.78. The minimum absolute atomic E-state index is 0.0297. The van der Waals surface area contributed by atoms with Gasteiger partial charge in [-0.15, -0.1) is 10.2 Å². The number of carbonyl (C=O) groups is 1. The summed E-state index contributed by atoms with van der Waals surface area (Å²) < 4.78 is 0.785. The zero-order chi connectivity index (χ0) is 15.1. The summed E-state index contributed by atoms with van der Waals surface area (Å²) in [5.74, 6) is 0.395. The van der Waals surface area contributed by atoms with Crippen LogP contribution in [0.1, 0.15) is 20.3 Å². The molecule has 1 aromatic carbocycles. The summed E-state index contributed by atoms with van der Waals surface area (Å²) in [4.78, 5) is 11.7. The highest BCUT2D eigenvalue weighted by Crippen LogP contribution is 2.27. The van der Waals surface area contributed by atoms with Gasteiger partial charge in [0.05, 0.1) is 5.75 Å². The number of carbonyl (C=O) groups excluding carboxylic acids is 1. The number of para-hydroxylation sites is 1. The number of thioether (sulfide) groups is 1. The first-order valence-electron chi connectivity index (χ1n) is 6.75. The van der Waals surface area contributed by atoms with Crippen molar-refractivity contribution in [3.8, 4) is 0 Å². The Hall–Kier alpha value is -1.60. The van der Waals surface area contributed by atoms with Crippen LogP contribution in [0.2, 0.25) is 0 Å². The van der Waals surface area contributed by atoms with E-state index in [1.165, 1.54) is 23.1 Å². The number of anilines is 2. The van der Waals surface area contributed by atoms with E-state index in [0.29, 0.717) is 5.75 Å². The molecule has 2 N–H and O–H groups in total. The van der Waals surface area contributed by atoms with Crippen LogP contribution >= 0.6 is 23.1 Å². The lowest BCUT2D eigenvalue weighted by Gasteiger charge is -2.09. The molecule has 1 aromatic heterocycles. The van der Waals surface area contributed by atoms with Crippen LogP contribution in [0.15, 0.2) is 34.7 Å². The third-order valence-corrected chi connectivity index (χ3v) is 4.75. The number of nitrogens with one attached hydrogen (secondary N) is 2. The third kappa shape index (κ3) is 5.35. The molecule has 1 amide bonds. The number of hydrogen-bond donors (Lipinski definition) is 2. The molecule has 2 rings (SSSR count). The van der Waals surface area contributed by atoms with E-state index in [-0.39, 0.29) is 11.9 Å². The molecule has 0 fully saturated rings. The first-order chi connectivity index (χ1) is 10.2. The van der Waals surface area contributed by atoms with Crippen LogP contribution in [0, 0.1) is 0 Å². The van der Waals surface area contributed by atoms with Crippen LogP contribution in [0.3, 0.4) is 0 Å². The molecule has 0 aliphatic carbocycles. The van der Waals surface area contributed by atoms with Gasteiger partial charge in [0.2, 0.25) is 11.0 Å². The molecule has 0 saturated heterocycles. The summed E-state index contributed by atoms with van der Waals surface area (Å²) in [6, 6.07) is 10.0. The van der Waals surface area contributed by atoms with Gasteiger partial charge < -0.3 is 10.6 Å². The maximum absolute atomic E-state index is 11.7. The number of hydrogen-bond acceptors (Lipinski definition) is 6. The summed E-state index contributed by atoms with van der Waals surface area (Å²) in [5.41, 5.74) is 0.972. The van der Waals surface area contributed by atoms with Gasteiger partial charge in [0.1, 0.15) is 0 Å². The molecule has 5 nitrogen and oxygen atoms in total. The van der Waals surface area contributed by atoms with Gasteiger partial charge in [0, 0.05) is 11.7 Å². The van der Waals surface area contributed by atoms with Crippen molar-refractivity contribution in [2.24, 2.45) is 0 Å². The Morgan fingerprint density at radius 2 is 2.10 bits per heavy atom. The molecule has 1 atom stereocenters. The molecule has 0 aliphatic heterocycles. The molecule has 7 heteroatoms. The molecule has 21 heavy (non-hydrogen) atoms. The van der Waals surface area contributed by atoms with Gasteiger partial charge in [-0.05, 0) is 25.5 Å². The number of amides is 1. The van der Waals surface area contributed by atoms with Crippen LogP contribution in [0.25, 0.3) is 0 Å². The zero-order valence-corrected chi connectivity index (χ0v) is 13.6. The van der Waals surface area contributed by atoms with Crippen molar-refractivity contribution in [2.45, 2.75) is 30.6 Å². The average Bonchev–Trinajstić information content (AvgIpc) is 2.93. The Balaban J connectivity index is 1.82. The minimum Gasteiger partial charge on any atom is -0.353 e. The van der Waals surface area contributed by atoms with Gasteiger partial charge in [0.25, 0.3) is 0 Å². The molecule has 0 radical (unpaired) electrons. The summed E-state index contributed by atoms with van der Waals surface area (Å²) >= 11 is 2.85. The predicted octanol–water partition coefficient (Wildman–Crippen LogP) is 3.29. The highest BCUT2D eigenvalue weighted by molar-refractivity contribution is 8.01. The van der Waals surface area contributed by atoms with E-state index in [1.54, 1.807) is 0 Å². The Morgan fingerprint density at radius 3 is 2.81 bits per heavy atom. The summed E-state index contributed by atoms with van der Waals surface area (Å²) in [6.07, 6.45) is 0.931. The van der Waals surface area contributed by atoms with Gasteiger partial charge in [-0.25, -0.2) is 0 Å². The van der Waals surface area contributed by atoms with Crippen LogP contribution in [-0.4, -0.2) is 27.9 Å². The lowest BCUT2D eigenvalue weighted by Crippen LogP contribution is -2.33. The highest BCUT2D eigenvalue weighted by Gasteiger charge is 2.09. The Labute approximate surface area is 132 Å². The minimum atomic E-state index is 0.0297. The van der Waals surface area contributed by atoms with E-state index in [4.69, 9.17) is 0 Å². The Kier molecular flexibility index (Phi) is 6.01. The maximum Gasteiger partial charge on any atom is 0.230 e. The second kappa shape index (κ2) is 7.99. The van der Waals surface area contributed by atoms with Crippen molar-refractivity contribution in [1.82, 2.24) is 15.5 Å². The largest absolute Gasteiger partial charge is 0.353 e. The lowest BCUT2D eigenvalue weighted by molar-refractivity contribution is -0.119. The fourth-order valence-corrected chi connectivity index (χ4v) is 3.09. The normalized spacial score (nSPS) is 11.9. The molecule has 0 spiro atoms. The van der Waals surface area contributed by atoms with Gasteiger partial charge in [-0.2, -0.15) is 0 Å². The van der Waals surface area contributed by atoms with Crippen molar-refractivity contribution in [1.29, 1.82) is 0 Å². The van der Waals surface area contributed by atoms with Crippen LogP contribution in [0.5, 0.6) is 0 Å². The van der Waals surface area contributed by atoms with Gasteiger partial charge in [-0.3, -0.25) is 4.79 Å². The zero-order valence-electron chi connectivity index (χ0n) is 12.0. The topological polar surface area (TPSA) is 66.9 Å². The smallest absolute Gasteiger partial charge is 0.230 e. The second-order valence-corrected chi connectivity index (χ2v) is 6.73. The fourth-order valence-electron chi connectivity index (χ4n) is 1.51. The van der Waals surface area contributed by atoms with E-state index in [1.807, 2.05) is 44.2 Å². The number of benzene rings is 1. The Bertz CT molecular complexity index is 573. The standard InChI is InChI=1S/C14H18N4OS2/c1-3-10(2)15-12(19)9-20-14-18-17-13(21-14)16-11-7-5-4-6-8-11/h4-8,10H,3,9H2,1-2H3,(H,15,19)(H,16,17)/t10-/m1/s1. The predicted molar refractivity (Wildman–Crippen MR) is 88.3 cm³/mol. The fraction of sp³-hybridized carbons (Fsp3) is 0.357. The molecule has 0 aliphatic rings. The summed E-state index contributed by atoms with van der Waals surface area (Å²) in [6.45, 7) is 4.04. The van der Waals surface area contributed by atoms with Crippen molar-refractivity contribution >= 4 is 39.8 Å². The molecule has 2 aromatic rings. The van der Waals surface area contributed by atoms with Gasteiger partial charge in [-0.1, -0.05) is 48.2 Å². The molecule has 112 valence electrons. The SMILES string of the molecule is CC[C@@H](C)NC(=O)CSc1nnc(Nc2ccccc2)s1. The van der Waals surface area contributed by atoms with E-state index in [0.717, 1.165) is 21.6 Å². The quantitative estimate of drug-likeness (QED) is 0.766. The number of aromatic nitrogens is 2. The number of rotatable bonds is 7. The molecular formula is C14H18N4OS2. The molecule has 0 bridgehead atoms. The van der Waals surface area contributed by atoms with Crippen LogP contribution < -0.4 is 10.6 Å². The van der Waals surface area contributed by atoms with E-state index in [2.05, 4.69) is 20.8 Å². The van der Waals surface area contributed by atoms with Crippen LogP contribution in [-0.2, 0) is 4.79 Å². The van der Waals surface area contributed by atoms with E-state index >= 15 is 0 Å². The van der Waals surface area contributed by atoms with E-state index in [9.17, 15) is 4.79 Å². The maximum atomic E-state index is 11.7. The number of nitrogens with zero attached hydrogens (tertiary/aromatic N) is 2. The highest BCUT2D eigenvalue weighted by atomic mass is 32.2. The van der Waals surface area contributed by atoms with Crippen LogP contribution in [0.4, 0.5) is 10.8 Å². The Morgan fingerprint density at radius 1 is 1.33 bits per heavy atom. The first kappa shape index (κ1) is 15.8. The lowest BCUT2D eigenvalue weighted by atomic mass is 10.3. The molecule has 1 heterocycles. The monoisotopic (exact) mass is 322 g/mol. The van der Waals surface area contributed by atoms with Crippen molar-refractivity contribution < 1.29 is 4.79 Å². The molecular weight excluding hydrogens is 304 g/mol. The average molecular weight is 322 g/mol. The molecule has 0 unspecified atom stereocenters. The molecule has 0 saturated carbocycles. The summed E-state index contributed by atoms with van der Waals surface area (Å²) in [7, 11) is 0.